The molecule has 0 heterocycles. The summed E-state index contributed by atoms with van der Waals surface area (Å²) >= 11 is 3.47. The normalized spacial score (nSPS) is 12.1. The number of halogens is 1. The summed E-state index contributed by atoms with van der Waals surface area (Å²) < 4.78 is 6.67. The summed E-state index contributed by atoms with van der Waals surface area (Å²) in [5, 5.41) is 0. The number of benzene rings is 1. The number of carbonyl (C=O) groups excluding carboxylic acids is 1. The van der Waals surface area contributed by atoms with Gasteiger partial charge in [-0.2, -0.15) is 0 Å². The smallest absolute Gasteiger partial charge is 0.259 e. The second kappa shape index (κ2) is 6.91. The Balaban J connectivity index is 2.94. The minimum absolute atomic E-state index is 0.0422. The van der Waals surface area contributed by atoms with E-state index in [0.717, 1.165) is 21.3 Å². The van der Waals surface area contributed by atoms with Crippen LogP contribution in [0.4, 0.5) is 0 Å². The highest BCUT2D eigenvalue weighted by Gasteiger charge is 2.13. The lowest BCUT2D eigenvalue weighted by Crippen LogP contribution is -2.28. The van der Waals surface area contributed by atoms with Gasteiger partial charge in [-0.1, -0.05) is 15.9 Å². The van der Waals surface area contributed by atoms with Gasteiger partial charge in [0.25, 0.3) is 5.91 Å². The number of nitrogens with zero attached hydrogens (tertiary/aromatic N) is 1. The molecule has 19 heavy (non-hydrogen) atoms. The van der Waals surface area contributed by atoms with Gasteiger partial charge < -0.3 is 15.4 Å². The number of likely N-dealkylation sites (N-methyl/N-ethyl adjacent to an activating group) is 1. The van der Waals surface area contributed by atoms with Gasteiger partial charge in [-0.15, -0.1) is 0 Å². The summed E-state index contributed by atoms with van der Waals surface area (Å²) in [6, 6.07) is 4.01. The Morgan fingerprint density at radius 2 is 2.11 bits per heavy atom. The summed E-state index contributed by atoms with van der Waals surface area (Å²) in [6.45, 7) is 3.96. The largest absolute Gasteiger partial charge is 0.483 e. The molecule has 0 fully saturated rings. The van der Waals surface area contributed by atoms with Gasteiger partial charge in [-0.3, -0.25) is 4.79 Å². The molecule has 1 amide bonds. The lowest BCUT2D eigenvalue weighted by atomic mass is 10.0. The second-order valence-electron chi connectivity index (χ2n) is 4.97. The molecule has 5 heteroatoms. The Kier molecular flexibility index (Phi) is 5.82. The van der Waals surface area contributed by atoms with Crippen LogP contribution in [-0.2, 0) is 11.2 Å². The number of aryl methyl sites for hydroxylation is 1. The molecule has 1 rings (SSSR count). The maximum atomic E-state index is 11.6. The fourth-order valence-electron chi connectivity index (χ4n) is 1.77. The fourth-order valence-corrected chi connectivity index (χ4v) is 2.39. The molecule has 106 valence electrons. The fraction of sp³-hybridized carbons (Fsp3) is 0.500. The zero-order chi connectivity index (χ0) is 14.6. The number of amides is 1. The van der Waals surface area contributed by atoms with Crippen LogP contribution in [0.15, 0.2) is 16.6 Å². The van der Waals surface area contributed by atoms with Crippen molar-refractivity contribution in [1.29, 1.82) is 0 Å². The molecule has 1 unspecified atom stereocenters. The van der Waals surface area contributed by atoms with Crippen LogP contribution in [0.1, 0.15) is 18.1 Å². The maximum absolute atomic E-state index is 11.6. The Hall–Kier alpha value is -1.07. The Morgan fingerprint density at radius 3 is 2.63 bits per heavy atom. The third-order valence-electron chi connectivity index (χ3n) is 2.70. The number of hydrogen-bond donors (Lipinski definition) is 1. The zero-order valence-electron chi connectivity index (χ0n) is 11.9. The number of nitrogens with two attached hydrogens (primary N) is 1. The van der Waals surface area contributed by atoms with Crippen LogP contribution in [0.5, 0.6) is 5.75 Å². The minimum atomic E-state index is -0.0611. The molecular weight excluding hydrogens is 308 g/mol. The molecule has 0 spiro atoms. The summed E-state index contributed by atoms with van der Waals surface area (Å²) in [7, 11) is 3.42. The standard InChI is InChI=1S/C14H21BrN2O2/c1-9-5-12(15)7-11(6-10(2)16)14(9)19-8-13(18)17(3)4/h5,7,10H,6,8,16H2,1-4H3. The molecular formula is C14H21BrN2O2. The van der Waals surface area contributed by atoms with Crippen molar-refractivity contribution in [2.45, 2.75) is 26.3 Å². The third-order valence-corrected chi connectivity index (χ3v) is 3.15. The Bertz CT molecular complexity index is 459. The van der Waals surface area contributed by atoms with Gasteiger partial charge in [0.15, 0.2) is 6.61 Å². The summed E-state index contributed by atoms with van der Waals surface area (Å²) in [5.74, 6) is 0.699. The van der Waals surface area contributed by atoms with Crippen LogP contribution < -0.4 is 10.5 Å². The Morgan fingerprint density at radius 1 is 1.47 bits per heavy atom. The summed E-state index contributed by atoms with van der Waals surface area (Å²) in [5.41, 5.74) is 7.87. The van der Waals surface area contributed by atoms with E-state index in [4.69, 9.17) is 10.5 Å². The van der Waals surface area contributed by atoms with Crippen molar-refractivity contribution in [2.75, 3.05) is 20.7 Å². The van der Waals surface area contributed by atoms with Crippen molar-refractivity contribution in [3.05, 3.63) is 27.7 Å². The predicted octanol–water partition coefficient (Wildman–Crippen LogP) is 2.11. The highest BCUT2D eigenvalue weighted by Crippen LogP contribution is 2.29. The molecule has 0 saturated carbocycles. The van der Waals surface area contributed by atoms with Crippen LogP contribution >= 0.6 is 15.9 Å². The van der Waals surface area contributed by atoms with Crippen molar-refractivity contribution < 1.29 is 9.53 Å². The monoisotopic (exact) mass is 328 g/mol. The van der Waals surface area contributed by atoms with Gasteiger partial charge in [-0.05, 0) is 43.5 Å². The maximum Gasteiger partial charge on any atom is 0.259 e. The van der Waals surface area contributed by atoms with E-state index >= 15 is 0 Å². The van der Waals surface area contributed by atoms with Gasteiger partial charge >= 0.3 is 0 Å². The molecule has 1 aromatic rings. The first-order valence-corrected chi connectivity index (χ1v) is 6.98. The number of hydrogen-bond acceptors (Lipinski definition) is 3. The molecule has 0 aliphatic heterocycles. The van der Waals surface area contributed by atoms with E-state index < -0.39 is 0 Å². The lowest BCUT2D eigenvalue weighted by Gasteiger charge is -2.17. The molecule has 2 N–H and O–H groups in total. The van der Waals surface area contributed by atoms with Gasteiger partial charge in [0.1, 0.15) is 5.75 Å². The predicted molar refractivity (Wildman–Crippen MR) is 80.4 cm³/mol. The highest BCUT2D eigenvalue weighted by atomic mass is 79.9. The van der Waals surface area contributed by atoms with Gasteiger partial charge in [0, 0.05) is 24.6 Å². The van der Waals surface area contributed by atoms with Crippen molar-refractivity contribution in [3.8, 4) is 5.75 Å². The quantitative estimate of drug-likeness (QED) is 0.900. The Labute approximate surface area is 123 Å². The molecule has 0 aromatic heterocycles. The van der Waals surface area contributed by atoms with Gasteiger partial charge in [0.2, 0.25) is 0 Å². The van der Waals surface area contributed by atoms with Crippen LogP contribution in [0.2, 0.25) is 0 Å². The van der Waals surface area contributed by atoms with Crippen molar-refractivity contribution in [3.63, 3.8) is 0 Å². The molecule has 1 aromatic carbocycles. The van der Waals surface area contributed by atoms with Crippen LogP contribution in [0.25, 0.3) is 0 Å². The topological polar surface area (TPSA) is 55.6 Å². The summed E-state index contributed by atoms with van der Waals surface area (Å²) in [6.07, 6.45) is 0.714. The highest BCUT2D eigenvalue weighted by molar-refractivity contribution is 9.10. The molecule has 0 aliphatic rings. The first-order chi connectivity index (χ1) is 8.81. The van der Waals surface area contributed by atoms with E-state index in [1.165, 1.54) is 4.90 Å². The van der Waals surface area contributed by atoms with Crippen molar-refractivity contribution in [1.82, 2.24) is 4.90 Å². The van der Waals surface area contributed by atoms with Gasteiger partial charge in [-0.25, -0.2) is 0 Å². The van der Waals surface area contributed by atoms with Crippen LogP contribution in [0.3, 0.4) is 0 Å². The average Bonchev–Trinajstić information content (AvgIpc) is 2.26. The number of carbonyl (C=O) groups is 1. The second-order valence-corrected chi connectivity index (χ2v) is 5.88. The number of rotatable bonds is 5. The molecule has 0 bridgehead atoms. The van der Waals surface area contributed by atoms with E-state index in [0.29, 0.717) is 6.42 Å². The minimum Gasteiger partial charge on any atom is -0.483 e. The first kappa shape index (κ1) is 16.0. The lowest BCUT2D eigenvalue weighted by molar-refractivity contribution is -0.130. The van der Waals surface area contributed by atoms with E-state index in [1.807, 2.05) is 26.0 Å². The van der Waals surface area contributed by atoms with Crippen LogP contribution in [0, 0.1) is 6.92 Å². The van der Waals surface area contributed by atoms with E-state index in [-0.39, 0.29) is 18.6 Å². The van der Waals surface area contributed by atoms with E-state index in [2.05, 4.69) is 15.9 Å². The first-order valence-electron chi connectivity index (χ1n) is 6.18. The van der Waals surface area contributed by atoms with Gasteiger partial charge in [0.05, 0.1) is 0 Å². The average molecular weight is 329 g/mol. The van der Waals surface area contributed by atoms with Crippen LogP contribution in [-0.4, -0.2) is 37.6 Å². The molecule has 0 aliphatic carbocycles. The number of ether oxygens (including phenoxy) is 1. The molecule has 1 atom stereocenters. The van der Waals surface area contributed by atoms with Crippen molar-refractivity contribution >= 4 is 21.8 Å². The van der Waals surface area contributed by atoms with E-state index in [9.17, 15) is 4.79 Å². The molecule has 4 nitrogen and oxygen atoms in total. The zero-order valence-corrected chi connectivity index (χ0v) is 13.5. The molecule has 0 radical (unpaired) electrons. The molecule has 0 saturated heterocycles. The SMILES string of the molecule is Cc1cc(Br)cc(CC(C)N)c1OCC(=O)N(C)C. The third kappa shape index (κ3) is 4.84. The van der Waals surface area contributed by atoms with E-state index in [1.54, 1.807) is 14.1 Å². The summed E-state index contributed by atoms with van der Waals surface area (Å²) in [4.78, 5) is 13.1. The van der Waals surface area contributed by atoms with Crippen molar-refractivity contribution in [2.24, 2.45) is 5.73 Å².